The van der Waals surface area contributed by atoms with Gasteiger partial charge in [-0.15, -0.1) is 0 Å². The minimum atomic E-state index is -0.616. The first-order valence-electron chi connectivity index (χ1n) is 10.6. The predicted octanol–water partition coefficient (Wildman–Crippen LogP) is 4.33. The number of fused-ring (bicyclic) bond motifs is 1. The summed E-state index contributed by atoms with van der Waals surface area (Å²) in [6.45, 7) is 6.20. The van der Waals surface area contributed by atoms with Crippen LogP contribution >= 0.6 is 11.6 Å². The number of ether oxygens (including phenoxy) is 2. The molecule has 0 aliphatic carbocycles. The normalized spacial score (nSPS) is 14.1. The van der Waals surface area contributed by atoms with Crippen molar-refractivity contribution in [1.82, 2.24) is 10.2 Å². The Morgan fingerprint density at radius 2 is 1.87 bits per heavy atom. The molecule has 1 aliphatic rings. The number of hydrogen-bond acceptors (Lipinski definition) is 4. The Balaban J connectivity index is 1.73. The minimum absolute atomic E-state index is 0.0425. The summed E-state index contributed by atoms with van der Waals surface area (Å²) in [4.78, 5) is 27.6. The van der Waals surface area contributed by atoms with Crippen molar-refractivity contribution in [2.45, 2.75) is 58.7 Å². The van der Waals surface area contributed by atoms with Crippen LogP contribution < -0.4 is 14.8 Å². The molecule has 1 aliphatic heterocycles. The van der Waals surface area contributed by atoms with Gasteiger partial charge in [-0.3, -0.25) is 9.59 Å². The summed E-state index contributed by atoms with van der Waals surface area (Å²) in [5.74, 6) is 1.13. The Hall–Kier alpha value is -2.73. The standard InChI is InChI=1S/C24H29ClN2O4/c1-4-16(2)26-24(29)17(3)27(14-19-7-5-6-8-20(19)25)23(28)12-10-18-9-11-21-22(13-18)31-15-30-21/h5-9,11,13,16-17H,4,10,12,14-15H2,1-3H3,(H,26,29)/t16-,17-/m0/s1. The molecule has 1 heterocycles. The van der Waals surface area contributed by atoms with E-state index < -0.39 is 6.04 Å². The zero-order valence-corrected chi connectivity index (χ0v) is 18.9. The number of amides is 2. The van der Waals surface area contributed by atoms with Crippen LogP contribution in [0.25, 0.3) is 0 Å². The third-order valence-electron chi connectivity index (χ3n) is 5.53. The number of carbonyl (C=O) groups excluding carboxylic acids is 2. The number of benzene rings is 2. The van der Waals surface area contributed by atoms with Crippen LogP contribution in [-0.2, 0) is 22.6 Å². The second-order valence-corrected chi connectivity index (χ2v) is 8.20. The molecular weight excluding hydrogens is 416 g/mol. The molecule has 2 atom stereocenters. The van der Waals surface area contributed by atoms with Gasteiger partial charge in [-0.1, -0.05) is 42.8 Å². The fourth-order valence-corrected chi connectivity index (χ4v) is 3.55. The van der Waals surface area contributed by atoms with Crippen LogP contribution in [0.4, 0.5) is 0 Å². The van der Waals surface area contributed by atoms with Crippen molar-refractivity contribution in [3.63, 3.8) is 0 Å². The Kier molecular flexibility index (Phi) is 7.80. The van der Waals surface area contributed by atoms with Crippen LogP contribution in [0.1, 0.15) is 44.7 Å². The Labute approximate surface area is 188 Å². The van der Waals surface area contributed by atoms with E-state index in [-0.39, 0.29) is 37.6 Å². The number of nitrogens with one attached hydrogen (secondary N) is 1. The molecule has 2 aromatic carbocycles. The smallest absolute Gasteiger partial charge is 0.242 e. The third kappa shape index (κ3) is 5.91. The van der Waals surface area contributed by atoms with Crippen LogP contribution in [0.2, 0.25) is 5.02 Å². The average Bonchev–Trinajstić information content (AvgIpc) is 3.24. The fraction of sp³-hybridized carbons (Fsp3) is 0.417. The molecule has 0 saturated heterocycles. The first-order chi connectivity index (χ1) is 14.9. The van der Waals surface area contributed by atoms with Gasteiger partial charge in [0.15, 0.2) is 11.5 Å². The Bertz CT molecular complexity index is 934. The van der Waals surface area contributed by atoms with Crippen molar-refractivity contribution in [3.8, 4) is 11.5 Å². The van der Waals surface area contributed by atoms with E-state index in [4.69, 9.17) is 21.1 Å². The SMILES string of the molecule is CC[C@H](C)NC(=O)[C@H](C)N(Cc1ccccc1Cl)C(=O)CCc1ccc2c(c1)OCO2. The lowest BCUT2D eigenvalue weighted by Gasteiger charge is -2.30. The number of halogens is 1. The van der Waals surface area contributed by atoms with Gasteiger partial charge >= 0.3 is 0 Å². The van der Waals surface area contributed by atoms with Gasteiger partial charge in [0.05, 0.1) is 0 Å². The van der Waals surface area contributed by atoms with Crippen LogP contribution in [0.15, 0.2) is 42.5 Å². The van der Waals surface area contributed by atoms with Crippen molar-refractivity contribution in [2.75, 3.05) is 6.79 Å². The summed E-state index contributed by atoms with van der Waals surface area (Å²) in [6.07, 6.45) is 1.63. The highest BCUT2D eigenvalue weighted by Gasteiger charge is 2.27. The zero-order chi connectivity index (χ0) is 22.4. The predicted molar refractivity (Wildman–Crippen MR) is 120 cm³/mol. The monoisotopic (exact) mass is 444 g/mol. The first kappa shape index (κ1) is 22.9. The molecule has 31 heavy (non-hydrogen) atoms. The van der Waals surface area contributed by atoms with E-state index in [0.29, 0.717) is 22.9 Å². The second-order valence-electron chi connectivity index (χ2n) is 7.79. The summed E-state index contributed by atoms with van der Waals surface area (Å²) in [5.41, 5.74) is 1.79. The quantitative estimate of drug-likeness (QED) is 0.625. The van der Waals surface area contributed by atoms with Crippen molar-refractivity contribution in [1.29, 1.82) is 0 Å². The lowest BCUT2D eigenvalue weighted by molar-refractivity contribution is -0.140. The highest BCUT2D eigenvalue weighted by Crippen LogP contribution is 2.32. The van der Waals surface area contributed by atoms with Gasteiger partial charge in [-0.25, -0.2) is 0 Å². The molecule has 0 radical (unpaired) electrons. The van der Waals surface area contributed by atoms with Gasteiger partial charge in [-0.2, -0.15) is 0 Å². The van der Waals surface area contributed by atoms with Crippen LogP contribution in [0, 0.1) is 0 Å². The van der Waals surface area contributed by atoms with Crippen molar-refractivity contribution in [2.24, 2.45) is 0 Å². The van der Waals surface area contributed by atoms with E-state index in [1.54, 1.807) is 17.9 Å². The molecule has 0 aromatic heterocycles. The molecule has 1 N–H and O–H groups in total. The average molecular weight is 445 g/mol. The summed E-state index contributed by atoms with van der Waals surface area (Å²) < 4.78 is 10.8. The topological polar surface area (TPSA) is 67.9 Å². The Morgan fingerprint density at radius 3 is 2.61 bits per heavy atom. The number of carbonyl (C=O) groups is 2. The molecule has 0 fully saturated rings. The summed E-state index contributed by atoms with van der Waals surface area (Å²) in [5, 5.41) is 3.55. The second kappa shape index (κ2) is 10.5. The highest BCUT2D eigenvalue weighted by molar-refractivity contribution is 6.31. The molecule has 2 amide bonds. The molecular formula is C24H29ClN2O4. The van der Waals surface area contributed by atoms with Gasteiger partial charge in [0, 0.05) is 24.0 Å². The van der Waals surface area contributed by atoms with Gasteiger partial charge in [0.2, 0.25) is 18.6 Å². The molecule has 0 saturated carbocycles. The molecule has 3 rings (SSSR count). The maximum atomic E-state index is 13.2. The van der Waals surface area contributed by atoms with E-state index >= 15 is 0 Å². The summed E-state index contributed by atoms with van der Waals surface area (Å²) in [7, 11) is 0. The minimum Gasteiger partial charge on any atom is -0.454 e. The number of hydrogen-bond donors (Lipinski definition) is 1. The molecule has 2 aromatic rings. The van der Waals surface area contributed by atoms with Crippen molar-refractivity contribution in [3.05, 3.63) is 58.6 Å². The van der Waals surface area contributed by atoms with Crippen LogP contribution in [0.3, 0.4) is 0 Å². The van der Waals surface area contributed by atoms with Crippen LogP contribution in [0.5, 0.6) is 11.5 Å². The molecule has 0 spiro atoms. The molecule has 0 bridgehead atoms. The largest absolute Gasteiger partial charge is 0.454 e. The van der Waals surface area contributed by atoms with Gasteiger partial charge in [0.25, 0.3) is 0 Å². The van der Waals surface area contributed by atoms with E-state index in [1.165, 1.54) is 0 Å². The van der Waals surface area contributed by atoms with E-state index in [0.717, 1.165) is 17.5 Å². The lowest BCUT2D eigenvalue weighted by atomic mass is 10.1. The van der Waals surface area contributed by atoms with E-state index in [1.807, 2.05) is 50.2 Å². The van der Waals surface area contributed by atoms with Gasteiger partial charge < -0.3 is 19.7 Å². The molecule has 7 heteroatoms. The summed E-state index contributed by atoms with van der Waals surface area (Å²) in [6, 6.07) is 12.5. The zero-order valence-electron chi connectivity index (χ0n) is 18.2. The third-order valence-corrected chi connectivity index (χ3v) is 5.90. The summed E-state index contributed by atoms with van der Waals surface area (Å²) >= 11 is 6.33. The maximum absolute atomic E-state index is 13.2. The van der Waals surface area contributed by atoms with Gasteiger partial charge in [0.1, 0.15) is 6.04 Å². The fourth-order valence-electron chi connectivity index (χ4n) is 3.35. The molecule has 6 nitrogen and oxygen atoms in total. The lowest BCUT2D eigenvalue weighted by Crippen LogP contribution is -2.49. The van der Waals surface area contributed by atoms with E-state index in [2.05, 4.69) is 5.32 Å². The molecule has 166 valence electrons. The van der Waals surface area contributed by atoms with E-state index in [9.17, 15) is 9.59 Å². The number of rotatable bonds is 9. The highest BCUT2D eigenvalue weighted by atomic mass is 35.5. The van der Waals surface area contributed by atoms with Crippen molar-refractivity contribution >= 4 is 23.4 Å². The number of aryl methyl sites for hydroxylation is 1. The molecule has 0 unspecified atom stereocenters. The van der Waals surface area contributed by atoms with Crippen molar-refractivity contribution < 1.29 is 19.1 Å². The van der Waals surface area contributed by atoms with Gasteiger partial charge in [-0.05, 0) is 56.0 Å². The number of nitrogens with zero attached hydrogens (tertiary/aromatic N) is 1. The maximum Gasteiger partial charge on any atom is 0.242 e. The first-order valence-corrected chi connectivity index (χ1v) is 11.0. The Morgan fingerprint density at radius 1 is 1.13 bits per heavy atom. The van der Waals surface area contributed by atoms with Crippen LogP contribution in [-0.4, -0.2) is 35.6 Å².